The van der Waals surface area contributed by atoms with E-state index in [1.807, 2.05) is 11.7 Å². The lowest BCUT2D eigenvalue weighted by Gasteiger charge is -2.27. The number of aryl methyl sites for hydroxylation is 1. The molecule has 4 nitrogen and oxygen atoms in total. The molecule has 3 rings (SSSR count). The highest BCUT2D eigenvalue weighted by molar-refractivity contribution is 5.90. The van der Waals surface area contributed by atoms with E-state index in [1.165, 1.54) is 10.9 Å². The number of hydrogen-bond acceptors (Lipinski definition) is 3. The number of para-hydroxylation sites is 1. The van der Waals surface area contributed by atoms with E-state index in [-0.39, 0.29) is 0 Å². The second kappa shape index (κ2) is 3.79. The van der Waals surface area contributed by atoms with Crippen molar-refractivity contribution in [2.75, 3.05) is 31.1 Å². The highest BCUT2D eigenvalue weighted by atomic mass is 15.4. The predicted molar refractivity (Wildman–Crippen MR) is 65.8 cm³/mol. The fourth-order valence-corrected chi connectivity index (χ4v) is 2.30. The summed E-state index contributed by atoms with van der Waals surface area (Å²) in [7, 11) is 2.01. The number of fused-ring (bicyclic) bond motifs is 1. The number of nitrogens with one attached hydrogen (secondary N) is 1. The number of anilines is 1. The Labute approximate surface area is 94.8 Å². The summed E-state index contributed by atoms with van der Waals surface area (Å²) >= 11 is 0. The van der Waals surface area contributed by atoms with Gasteiger partial charge in [0.1, 0.15) is 0 Å². The van der Waals surface area contributed by atoms with Crippen molar-refractivity contribution in [1.82, 2.24) is 15.1 Å². The Hall–Kier alpha value is -1.55. The standard InChI is InChI=1S/C12H16N4/c1-15-11-5-3-2-4-10(11)12(14-15)16-8-6-13-7-9-16/h2-5,13H,6-9H2,1H3. The summed E-state index contributed by atoms with van der Waals surface area (Å²) in [6.07, 6.45) is 0. The van der Waals surface area contributed by atoms with Gasteiger partial charge in [-0.05, 0) is 12.1 Å². The molecule has 0 bridgehead atoms. The summed E-state index contributed by atoms with van der Waals surface area (Å²) in [5, 5.41) is 9.25. The van der Waals surface area contributed by atoms with Gasteiger partial charge in [-0.1, -0.05) is 12.1 Å². The molecule has 1 aliphatic heterocycles. The molecule has 0 unspecified atom stereocenters. The fraction of sp³-hybridized carbons (Fsp3) is 0.417. The number of hydrogen-bond donors (Lipinski definition) is 1. The maximum absolute atomic E-state index is 4.63. The Bertz CT molecular complexity index is 497. The number of rotatable bonds is 1. The van der Waals surface area contributed by atoms with Crippen molar-refractivity contribution in [3.63, 3.8) is 0 Å². The number of piperazine rings is 1. The lowest BCUT2D eigenvalue weighted by atomic mass is 10.2. The van der Waals surface area contributed by atoms with Crippen molar-refractivity contribution in [2.24, 2.45) is 7.05 Å². The summed E-state index contributed by atoms with van der Waals surface area (Å²) in [5.41, 5.74) is 1.20. The molecule has 16 heavy (non-hydrogen) atoms. The zero-order valence-corrected chi connectivity index (χ0v) is 9.48. The van der Waals surface area contributed by atoms with Crippen molar-refractivity contribution in [3.8, 4) is 0 Å². The number of benzene rings is 1. The second-order valence-electron chi connectivity index (χ2n) is 4.20. The van der Waals surface area contributed by atoms with Gasteiger partial charge in [0.05, 0.1) is 5.52 Å². The van der Waals surface area contributed by atoms with Crippen LogP contribution in [0.1, 0.15) is 0 Å². The number of aromatic nitrogens is 2. The van der Waals surface area contributed by atoms with E-state index in [4.69, 9.17) is 0 Å². The van der Waals surface area contributed by atoms with E-state index >= 15 is 0 Å². The Morgan fingerprint density at radius 3 is 2.75 bits per heavy atom. The first kappa shape index (κ1) is 9.66. The van der Waals surface area contributed by atoms with Gasteiger partial charge in [0, 0.05) is 38.6 Å². The maximum Gasteiger partial charge on any atom is 0.158 e. The first-order chi connectivity index (χ1) is 7.86. The van der Waals surface area contributed by atoms with Gasteiger partial charge < -0.3 is 10.2 Å². The molecule has 4 heteroatoms. The molecular weight excluding hydrogens is 200 g/mol. The molecular formula is C12H16N4. The van der Waals surface area contributed by atoms with Crippen LogP contribution in [-0.4, -0.2) is 36.0 Å². The Balaban J connectivity index is 2.08. The van der Waals surface area contributed by atoms with Gasteiger partial charge in [0.15, 0.2) is 5.82 Å². The quantitative estimate of drug-likeness (QED) is 0.771. The molecule has 1 N–H and O–H groups in total. The minimum absolute atomic E-state index is 1.04. The molecule has 0 aliphatic carbocycles. The molecule has 0 atom stereocenters. The monoisotopic (exact) mass is 216 g/mol. The molecule has 0 radical (unpaired) electrons. The van der Waals surface area contributed by atoms with Crippen LogP contribution in [0.3, 0.4) is 0 Å². The van der Waals surface area contributed by atoms with Crippen LogP contribution in [0.2, 0.25) is 0 Å². The molecule has 0 saturated carbocycles. The fourth-order valence-electron chi connectivity index (χ4n) is 2.30. The Kier molecular flexibility index (Phi) is 2.29. The third kappa shape index (κ3) is 1.46. The third-order valence-electron chi connectivity index (χ3n) is 3.15. The van der Waals surface area contributed by atoms with E-state index < -0.39 is 0 Å². The van der Waals surface area contributed by atoms with Gasteiger partial charge in [-0.3, -0.25) is 4.68 Å². The van der Waals surface area contributed by atoms with Crippen LogP contribution in [0.15, 0.2) is 24.3 Å². The van der Waals surface area contributed by atoms with E-state index in [1.54, 1.807) is 0 Å². The van der Waals surface area contributed by atoms with Crippen LogP contribution < -0.4 is 10.2 Å². The zero-order chi connectivity index (χ0) is 11.0. The lowest BCUT2D eigenvalue weighted by molar-refractivity contribution is 0.582. The van der Waals surface area contributed by atoms with Crippen molar-refractivity contribution < 1.29 is 0 Å². The average Bonchev–Trinajstić information content (AvgIpc) is 2.69. The van der Waals surface area contributed by atoms with E-state index in [2.05, 4.69) is 39.6 Å². The maximum atomic E-state index is 4.63. The normalized spacial score (nSPS) is 16.9. The average molecular weight is 216 g/mol. The lowest BCUT2D eigenvalue weighted by Crippen LogP contribution is -2.43. The first-order valence-corrected chi connectivity index (χ1v) is 5.73. The van der Waals surface area contributed by atoms with E-state index in [0.29, 0.717) is 0 Å². The van der Waals surface area contributed by atoms with Gasteiger partial charge in [0.2, 0.25) is 0 Å². The van der Waals surface area contributed by atoms with Crippen LogP contribution in [0.25, 0.3) is 10.9 Å². The van der Waals surface area contributed by atoms with Crippen LogP contribution in [-0.2, 0) is 7.05 Å². The van der Waals surface area contributed by atoms with Crippen molar-refractivity contribution in [1.29, 1.82) is 0 Å². The molecule has 1 saturated heterocycles. The third-order valence-corrected chi connectivity index (χ3v) is 3.15. The molecule has 0 amide bonds. The van der Waals surface area contributed by atoms with E-state index in [0.717, 1.165) is 32.0 Å². The molecule has 84 valence electrons. The van der Waals surface area contributed by atoms with Crippen LogP contribution >= 0.6 is 0 Å². The first-order valence-electron chi connectivity index (χ1n) is 5.73. The highest BCUT2D eigenvalue weighted by Gasteiger charge is 2.16. The number of nitrogens with zero attached hydrogens (tertiary/aromatic N) is 3. The van der Waals surface area contributed by atoms with E-state index in [9.17, 15) is 0 Å². The SMILES string of the molecule is Cn1nc(N2CCNCC2)c2ccccc21. The van der Waals surface area contributed by atoms with Gasteiger partial charge in [-0.15, -0.1) is 0 Å². The molecule has 1 aliphatic rings. The van der Waals surface area contributed by atoms with Gasteiger partial charge >= 0.3 is 0 Å². The summed E-state index contributed by atoms with van der Waals surface area (Å²) in [5.74, 6) is 1.12. The summed E-state index contributed by atoms with van der Waals surface area (Å²) in [6.45, 7) is 4.18. The van der Waals surface area contributed by atoms with Gasteiger partial charge in [0.25, 0.3) is 0 Å². The predicted octanol–water partition coefficient (Wildman–Crippen LogP) is 0.983. The minimum Gasteiger partial charge on any atom is -0.352 e. The molecule has 1 aromatic heterocycles. The summed E-state index contributed by atoms with van der Waals surface area (Å²) < 4.78 is 1.96. The van der Waals surface area contributed by atoms with Gasteiger partial charge in [-0.2, -0.15) is 5.10 Å². The molecule has 1 fully saturated rings. The molecule has 0 spiro atoms. The van der Waals surface area contributed by atoms with Crippen molar-refractivity contribution >= 4 is 16.7 Å². The smallest absolute Gasteiger partial charge is 0.158 e. The molecule has 2 heterocycles. The Morgan fingerprint density at radius 2 is 1.94 bits per heavy atom. The molecule has 2 aromatic rings. The molecule has 1 aromatic carbocycles. The van der Waals surface area contributed by atoms with Gasteiger partial charge in [-0.25, -0.2) is 0 Å². The zero-order valence-electron chi connectivity index (χ0n) is 9.48. The van der Waals surface area contributed by atoms with Crippen LogP contribution in [0.4, 0.5) is 5.82 Å². The van der Waals surface area contributed by atoms with Crippen molar-refractivity contribution in [3.05, 3.63) is 24.3 Å². The minimum atomic E-state index is 1.04. The van der Waals surface area contributed by atoms with Crippen molar-refractivity contribution in [2.45, 2.75) is 0 Å². The van der Waals surface area contributed by atoms with Crippen LogP contribution in [0.5, 0.6) is 0 Å². The second-order valence-corrected chi connectivity index (χ2v) is 4.20. The summed E-state index contributed by atoms with van der Waals surface area (Å²) in [4.78, 5) is 2.36. The Morgan fingerprint density at radius 1 is 1.19 bits per heavy atom. The largest absolute Gasteiger partial charge is 0.352 e. The highest BCUT2D eigenvalue weighted by Crippen LogP contribution is 2.25. The summed E-state index contributed by atoms with van der Waals surface area (Å²) in [6, 6.07) is 8.41. The topological polar surface area (TPSA) is 33.1 Å². The van der Waals surface area contributed by atoms with Crippen LogP contribution in [0, 0.1) is 0 Å².